The molecule has 1 radical (unpaired) electrons. The molecule has 0 saturated heterocycles. The van der Waals surface area contributed by atoms with Gasteiger partial charge >= 0.3 is 0 Å². The maximum Gasteiger partial charge on any atom is 0.0319 e. The van der Waals surface area contributed by atoms with Gasteiger partial charge in [0.15, 0.2) is 0 Å². The fourth-order valence-electron chi connectivity index (χ4n) is 2.69. The number of hydrogen-bond acceptors (Lipinski definition) is 4. The van der Waals surface area contributed by atoms with Crippen molar-refractivity contribution in [2.45, 2.75) is 26.7 Å². The number of pyridine rings is 2. The Bertz CT molecular complexity index is 879. The maximum atomic E-state index is 7.00. The number of nitrogens with zero attached hydrogens (tertiary/aromatic N) is 2. The van der Waals surface area contributed by atoms with E-state index in [4.69, 9.17) is 10.2 Å². The molecule has 4 rings (SSSR count). The third-order valence-electron chi connectivity index (χ3n) is 4.44. The van der Waals surface area contributed by atoms with Crippen molar-refractivity contribution in [3.05, 3.63) is 108 Å². The zero-order valence-electron chi connectivity index (χ0n) is 19.6. The Balaban J connectivity index is 0.000000526. The Hall–Kier alpha value is -2.69. The molecule has 2 N–H and O–H groups in total. The Labute approximate surface area is 211 Å². The number of aryl methyl sites for hydroxylation is 2. The predicted molar refractivity (Wildman–Crippen MR) is 132 cm³/mol. The van der Waals surface area contributed by atoms with Crippen molar-refractivity contribution in [3.63, 3.8) is 0 Å². The van der Waals surface area contributed by atoms with Crippen LogP contribution in [0.3, 0.4) is 0 Å². The van der Waals surface area contributed by atoms with E-state index in [1.54, 1.807) is 0 Å². The summed E-state index contributed by atoms with van der Waals surface area (Å²) < 4.78 is 0. The third kappa shape index (κ3) is 10.6. The topological polar surface area (TPSA) is 66.2 Å². The molecule has 0 aliphatic carbocycles. The summed E-state index contributed by atoms with van der Waals surface area (Å²) >= 11 is 0. The van der Waals surface area contributed by atoms with Crippen molar-refractivity contribution < 1.29 is 30.3 Å². The van der Waals surface area contributed by atoms with Crippen LogP contribution < -0.4 is 0 Å². The summed E-state index contributed by atoms with van der Waals surface area (Å²) in [6, 6.07) is 30.4. The molecule has 5 heteroatoms. The molecular weight excluding hydrogens is 589 g/mol. The Kier molecular flexibility index (Phi) is 17.3. The van der Waals surface area contributed by atoms with E-state index in [0.29, 0.717) is 0 Å². The molecule has 0 unspecified atom stereocenters. The minimum Gasteiger partial charge on any atom is -0.400 e. The minimum absolute atomic E-state index is 0. The van der Waals surface area contributed by atoms with Crippen LogP contribution in [-0.4, -0.2) is 34.4 Å². The summed E-state index contributed by atoms with van der Waals surface area (Å²) in [7, 11) is 2.00. The van der Waals surface area contributed by atoms with E-state index in [-0.39, 0.29) is 20.1 Å². The van der Waals surface area contributed by atoms with Crippen LogP contribution in [0.4, 0.5) is 0 Å². The zero-order chi connectivity index (χ0) is 23.6. The number of aromatic nitrogens is 2. The number of benzene rings is 2. The SMILES string of the molecule is CCc1ccc(-c2[c-]cccc2)nc1.CCc1ccc(-c2[c-]cccc2)nc1.CO.CO.[Ir]. The molecule has 4 aromatic rings. The van der Waals surface area contributed by atoms with E-state index in [1.165, 1.54) is 11.1 Å². The normalized spacial score (nSPS) is 8.91. The fourth-order valence-corrected chi connectivity index (χ4v) is 2.69. The van der Waals surface area contributed by atoms with Crippen molar-refractivity contribution >= 4 is 0 Å². The van der Waals surface area contributed by atoms with Gasteiger partial charge in [-0.05, 0) is 35.4 Å². The van der Waals surface area contributed by atoms with E-state index >= 15 is 0 Å². The Morgan fingerprint density at radius 1 is 0.606 bits per heavy atom. The number of aliphatic hydroxyl groups excluding tert-OH is 2. The van der Waals surface area contributed by atoms with Crippen molar-refractivity contribution in [3.8, 4) is 22.5 Å². The minimum atomic E-state index is 0. The Morgan fingerprint density at radius 2 is 1.00 bits per heavy atom. The molecule has 0 spiro atoms. The number of hydrogen-bond donors (Lipinski definition) is 2. The first kappa shape index (κ1) is 30.3. The van der Waals surface area contributed by atoms with Gasteiger partial charge in [-0.2, -0.15) is 0 Å². The molecule has 0 fully saturated rings. The summed E-state index contributed by atoms with van der Waals surface area (Å²) in [5, 5.41) is 14.0. The van der Waals surface area contributed by atoms with E-state index in [0.717, 1.165) is 49.6 Å². The van der Waals surface area contributed by atoms with Gasteiger partial charge in [0, 0.05) is 46.7 Å². The number of rotatable bonds is 4. The first-order valence-electron chi connectivity index (χ1n) is 10.5. The summed E-state index contributed by atoms with van der Waals surface area (Å²) in [5.41, 5.74) is 6.62. The van der Waals surface area contributed by atoms with E-state index in [9.17, 15) is 0 Å². The molecule has 0 saturated carbocycles. The molecule has 2 heterocycles. The average Bonchev–Trinajstić information content (AvgIpc) is 2.92. The maximum absolute atomic E-state index is 7.00. The van der Waals surface area contributed by atoms with Gasteiger partial charge in [0.05, 0.1) is 0 Å². The standard InChI is InChI=1S/2C13H12N.2CH4O.Ir/c2*1-2-11-8-9-13(14-10-11)12-6-4-3-5-7-12;2*1-2;/h2*3-6,8-10H,2H2,1H3;2*2H,1H3;/q2*-1;;;. The third-order valence-corrected chi connectivity index (χ3v) is 4.44. The Morgan fingerprint density at radius 3 is 1.24 bits per heavy atom. The van der Waals surface area contributed by atoms with Crippen LogP contribution in [0.2, 0.25) is 0 Å². The molecule has 0 bridgehead atoms. The van der Waals surface area contributed by atoms with Crippen molar-refractivity contribution in [1.82, 2.24) is 9.97 Å². The van der Waals surface area contributed by atoms with Crippen molar-refractivity contribution in [2.24, 2.45) is 0 Å². The second kappa shape index (κ2) is 18.8. The second-order valence-corrected chi connectivity index (χ2v) is 6.36. The summed E-state index contributed by atoms with van der Waals surface area (Å²) in [6.07, 6.45) is 5.92. The van der Waals surface area contributed by atoms with E-state index in [2.05, 4.69) is 48.1 Å². The largest absolute Gasteiger partial charge is 0.400 e. The van der Waals surface area contributed by atoms with Crippen LogP contribution in [0, 0.1) is 12.1 Å². The van der Waals surface area contributed by atoms with E-state index in [1.807, 2.05) is 73.1 Å². The average molecular weight is 621 g/mol. The van der Waals surface area contributed by atoms with Crippen LogP contribution in [0.1, 0.15) is 25.0 Å². The zero-order valence-corrected chi connectivity index (χ0v) is 22.0. The molecule has 0 aliphatic rings. The summed E-state index contributed by atoms with van der Waals surface area (Å²) in [6.45, 7) is 4.26. The van der Waals surface area contributed by atoms with Gasteiger partial charge in [-0.1, -0.05) is 38.1 Å². The van der Waals surface area contributed by atoms with Gasteiger partial charge in [0.1, 0.15) is 0 Å². The van der Waals surface area contributed by atoms with Gasteiger partial charge in [0.25, 0.3) is 0 Å². The van der Waals surface area contributed by atoms with E-state index < -0.39 is 0 Å². The fraction of sp³-hybridized carbons (Fsp3) is 0.214. The van der Waals surface area contributed by atoms with Crippen LogP contribution in [0.15, 0.2) is 85.2 Å². The summed E-state index contributed by atoms with van der Waals surface area (Å²) in [5.74, 6) is 0. The molecule has 33 heavy (non-hydrogen) atoms. The molecular formula is C28H32IrN2O2-2. The molecule has 2 aromatic heterocycles. The van der Waals surface area contributed by atoms with Crippen LogP contribution in [0.25, 0.3) is 22.5 Å². The van der Waals surface area contributed by atoms with Crippen molar-refractivity contribution in [1.29, 1.82) is 0 Å². The second-order valence-electron chi connectivity index (χ2n) is 6.36. The first-order valence-corrected chi connectivity index (χ1v) is 10.5. The van der Waals surface area contributed by atoms with Gasteiger partial charge in [-0.25, -0.2) is 0 Å². The predicted octanol–water partition coefficient (Wildman–Crippen LogP) is 5.44. The van der Waals surface area contributed by atoms with Gasteiger partial charge in [-0.3, -0.25) is 0 Å². The summed E-state index contributed by atoms with van der Waals surface area (Å²) in [4.78, 5) is 8.78. The monoisotopic (exact) mass is 621 g/mol. The van der Waals surface area contributed by atoms with Crippen LogP contribution in [-0.2, 0) is 32.9 Å². The van der Waals surface area contributed by atoms with Crippen LogP contribution in [0.5, 0.6) is 0 Å². The molecule has 2 aromatic carbocycles. The molecule has 4 nitrogen and oxygen atoms in total. The van der Waals surface area contributed by atoms with Gasteiger partial charge in [0.2, 0.25) is 0 Å². The van der Waals surface area contributed by atoms with Gasteiger partial charge in [-0.15, -0.1) is 71.8 Å². The van der Waals surface area contributed by atoms with Crippen molar-refractivity contribution in [2.75, 3.05) is 14.2 Å². The molecule has 0 amide bonds. The van der Waals surface area contributed by atoms with Crippen LogP contribution >= 0.6 is 0 Å². The number of aliphatic hydroxyl groups is 2. The first-order chi connectivity index (χ1) is 15.8. The molecule has 177 valence electrons. The molecule has 0 atom stereocenters. The smallest absolute Gasteiger partial charge is 0.0319 e. The van der Waals surface area contributed by atoms with Gasteiger partial charge < -0.3 is 20.2 Å². The molecule has 0 aliphatic heterocycles. The quantitative estimate of drug-likeness (QED) is 0.299.